The van der Waals surface area contributed by atoms with E-state index in [0.717, 1.165) is 25.8 Å². The Kier molecular flexibility index (Phi) is 7.24. The molecule has 0 saturated heterocycles. The molecule has 90 valence electrons. The topological polar surface area (TPSA) is 29.1 Å². The first-order valence-corrected chi connectivity index (χ1v) is 6.67. The van der Waals surface area contributed by atoms with Crippen molar-refractivity contribution in [2.24, 2.45) is 5.41 Å². The summed E-state index contributed by atoms with van der Waals surface area (Å²) in [7, 11) is 0. The molecule has 0 radical (unpaired) electrons. The molecule has 0 aliphatic rings. The molecule has 0 heterocycles. The van der Waals surface area contributed by atoms with Crippen molar-refractivity contribution in [1.82, 2.24) is 5.32 Å². The molecule has 0 bridgehead atoms. The summed E-state index contributed by atoms with van der Waals surface area (Å²) < 4.78 is 0. The lowest BCUT2D eigenvalue weighted by molar-refractivity contribution is -0.121. The van der Waals surface area contributed by atoms with Crippen molar-refractivity contribution in [3.05, 3.63) is 0 Å². The molecule has 1 N–H and O–H groups in total. The van der Waals surface area contributed by atoms with E-state index >= 15 is 0 Å². The van der Waals surface area contributed by atoms with Gasteiger partial charge in [-0.05, 0) is 18.3 Å². The van der Waals surface area contributed by atoms with Gasteiger partial charge in [0.2, 0.25) is 5.91 Å². The van der Waals surface area contributed by atoms with E-state index in [2.05, 4.69) is 48.9 Å². The number of carbonyl (C=O) groups excluding carboxylic acids is 1. The monoisotopic (exact) mass is 277 g/mol. The predicted octanol–water partition coefficient (Wildman–Crippen LogP) is 3.49. The quantitative estimate of drug-likeness (QED) is 0.740. The Bertz CT molecular complexity index is 187. The van der Waals surface area contributed by atoms with Crippen molar-refractivity contribution in [1.29, 1.82) is 0 Å². The molecule has 0 aromatic carbocycles. The molecule has 0 aliphatic carbocycles. The number of unbranched alkanes of at least 4 members (excludes halogenated alkanes) is 1. The number of hydrogen-bond acceptors (Lipinski definition) is 1. The SMILES string of the molecule is CCCCC(=O)NCC(Br)CC(C)(C)C. The maximum absolute atomic E-state index is 11.3. The summed E-state index contributed by atoms with van der Waals surface area (Å²) in [6, 6.07) is 0. The molecule has 1 unspecified atom stereocenters. The Labute approximate surface area is 102 Å². The minimum Gasteiger partial charge on any atom is -0.355 e. The third-order valence-corrected chi connectivity index (χ3v) is 2.76. The first kappa shape index (κ1) is 14.9. The smallest absolute Gasteiger partial charge is 0.220 e. The fourth-order valence-electron chi connectivity index (χ4n) is 1.39. The van der Waals surface area contributed by atoms with Crippen LogP contribution in [0, 0.1) is 5.41 Å². The average Bonchev–Trinajstić information content (AvgIpc) is 2.08. The number of carbonyl (C=O) groups is 1. The Morgan fingerprint density at radius 3 is 2.47 bits per heavy atom. The lowest BCUT2D eigenvalue weighted by atomic mass is 9.90. The molecule has 2 nitrogen and oxygen atoms in total. The lowest BCUT2D eigenvalue weighted by Crippen LogP contribution is -2.31. The zero-order valence-corrected chi connectivity index (χ0v) is 12.0. The number of nitrogens with one attached hydrogen (secondary N) is 1. The van der Waals surface area contributed by atoms with E-state index in [1.165, 1.54) is 0 Å². The van der Waals surface area contributed by atoms with Gasteiger partial charge in [0.25, 0.3) is 0 Å². The number of hydrogen-bond donors (Lipinski definition) is 1. The lowest BCUT2D eigenvalue weighted by Gasteiger charge is -2.22. The maximum atomic E-state index is 11.3. The van der Waals surface area contributed by atoms with Crippen molar-refractivity contribution in [3.63, 3.8) is 0 Å². The zero-order chi connectivity index (χ0) is 11.9. The van der Waals surface area contributed by atoms with Gasteiger partial charge in [0.15, 0.2) is 0 Å². The van der Waals surface area contributed by atoms with Crippen molar-refractivity contribution in [2.45, 2.75) is 58.2 Å². The van der Waals surface area contributed by atoms with Gasteiger partial charge in [-0.1, -0.05) is 50.0 Å². The number of rotatable bonds is 6. The fourth-order valence-corrected chi connectivity index (χ4v) is 2.52. The van der Waals surface area contributed by atoms with Crippen LogP contribution in [-0.2, 0) is 4.79 Å². The van der Waals surface area contributed by atoms with Crippen LogP contribution in [0.2, 0.25) is 0 Å². The molecule has 0 fully saturated rings. The molecule has 0 aromatic rings. The Balaban J connectivity index is 3.62. The average molecular weight is 278 g/mol. The molecule has 15 heavy (non-hydrogen) atoms. The van der Waals surface area contributed by atoms with Crippen LogP contribution in [0.4, 0.5) is 0 Å². The highest BCUT2D eigenvalue weighted by atomic mass is 79.9. The van der Waals surface area contributed by atoms with E-state index in [4.69, 9.17) is 0 Å². The molecule has 3 heteroatoms. The number of halogens is 1. The van der Waals surface area contributed by atoms with Crippen molar-refractivity contribution < 1.29 is 4.79 Å². The minimum absolute atomic E-state index is 0.176. The summed E-state index contributed by atoms with van der Waals surface area (Å²) in [5.41, 5.74) is 0.308. The van der Waals surface area contributed by atoms with Crippen LogP contribution >= 0.6 is 15.9 Å². The largest absolute Gasteiger partial charge is 0.355 e. The molecule has 1 atom stereocenters. The maximum Gasteiger partial charge on any atom is 0.220 e. The highest BCUT2D eigenvalue weighted by Gasteiger charge is 2.16. The van der Waals surface area contributed by atoms with Crippen LogP contribution in [-0.4, -0.2) is 17.3 Å². The molecular formula is C12H24BrNO. The van der Waals surface area contributed by atoms with E-state index < -0.39 is 0 Å². The zero-order valence-electron chi connectivity index (χ0n) is 10.4. The third-order valence-electron chi connectivity index (χ3n) is 2.11. The summed E-state index contributed by atoms with van der Waals surface area (Å²) in [6.45, 7) is 9.46. The van der Waals surface area contributed by atoms with Gasteiger partial charge < -0.3 is 5.32 Å². The second kappa shape index (κ2) is 7.26. The normalized spacial score (nSPS) is 13.7. The molecule has 0 spiro atoms. The van der Waals surface area contributed by atoms with Gasteiger partial charge >= 0.3 is 0 Å². The van der Waals surface area contributed by atoms with Crippen molar-refractivity contribution in [3.8, 4) is 0 Å². The Hall–Kier alpha value is -0.0500. The van der Waals surface area contributed by atoms with E-state index in [0.29, 0.717) is 16.7 Å². The summed E-state index contributed by atoms with van der Waals surface area (Å²) in [5, 5.41) is 2.95. The van der Waals surface area contributed by atoms with Gasteiger partial charge in [-0.2, -0.15) is 0 Å². The summed E-state index contributed by atoms with van der Waals surface area (Å²) in [5.74, 6) is 0.176. The van der Waals surface area contributed by atoms with Gasteiger partial charge in [0.1, 0.15) is 0 Å². The van der Waals surface area contributed by atoms with E-state index in [1.807, 2.05) is 0 Å². The van der Waals surface area contributed by atoms with Crippen LogP contribution in [0.15, 0.2) is 0 Å². The van der Waals surface area contributed by atoms with Crippen LogP contribution in [0.25, 0.3) is 0 Å². The van der Waals surface area contributed by atoms with Crippen LogP contribution in [0.1, 0.15) is 53.4 Å². The fraction of sp³-hybridized carbons (Fsp3) is 0.917. The van der Waals surface area contributed by atoms with Crippen LogP contribution in [0.5, 0.6) is 0 Å². The summed E-state index contributed by atoms with van der Waals surface area (Å²) in [6.07, 6.45) is 3.79. The molecule has 0 saturated carbocycles. The van der Waals surface area contributed by atoms with E-state index in [1.54, 1.807) is 0 Å². The second-order valence-corrected chi connectivity index (χ2v) is 6.56. The highest BCUT2D eigenvalue weighted by Crippen LogP contribution is 2.24. The summed E-state index contributed by atoms with van der Waals surface area (Å²) in [4.78, 5) is 11.7. The summed E-state index contributed by atoms with van der Waals surface area (Å²) >= 11 is 3.60. The molecular weight excluding hydrogens is 254 g/mol. The molecule has 1 amide bonds. The Morgan fingerprint density at radius 2 is 2.00 bits per heavy atom. The minimum atomic E-state index is 0.176. The van der Waals surface area contributed by atoms with Crippen LogP contribution in [0.3, 0.4) is 0 Å². The highest BCUT2D eigenvalue weighted by molar-refractivity contribution is 9.09. The van der Waals surface area contributed by atoms with Gasteiger partial charge in [-0.25, -0.2) is 0 Å². The first-order chi connectivity index (χ1) is 6.85. The molecule has 0 aromatic heterocycles. The second-order valence-electron chi connectivity index (χ2n) is 5.27. The first-order valence-electron chi connectivity index (χ1n) is 5.76. The third kappa shape index (κ3) is 10.2. The standard InChI is InChI=1S/C12H24BrNO/c1-5-6-7-11(15)14-9-10(13)8-12(2,3)4/h10H,5-9H2,1-4H3,(H,14,15). The predicted molar refractivity (Wildman–Crippen MR) is 69.3 cm³/mol. The number of amides is 1. The van der Waals surface area contributed by atoms with E-state index in [-0.39, 0.29) is 5.91 Å². The Morgan fingerprint density at radius 1 is 1.40 bits per heavy atom. The van der Waals surface area contributed by atoms with Gasteiger partial charge in [-0.15, -0.1) is 0 Å². The van der Waals surface area contributed by atoms with Crippen molar-refractivity contribution in [2.75, 3.05) is 6.54 Å². The van der Waals surface area contributed by atoms with Crippen molar-refractivity contribution >= 4 is 21.8 Å². The molecule has 0 rings (SSSR count). The molecule has 0 aliphatic heterocycles. The van der Waals surface area contributed by atoms with E-state index in [9.17, 15) is 4.79 Å². The van der Waals surface area contributed by atoms with Crippen LogP contribution < -0.4 is 5.32 Å². The van der Waals surface area contributed by atoms with Gasteiger partial charge in [-0.3, -0.25) is 4.79 Å². The van der Waals surface area contributed by atoms with Gasteiger partial charge in [0.05, 0.1) is 0 Å². The number of alkyl halides is 1. The van der Waals surface area contributed by atoms with Gasteiger partial charge in [0, 0.05) is 17.8 Å².